The van der Waals surface area contributed by atoms with Gasteiger partial charge in [0, 0.05) is 0 Å². The maximum atomic E-state index is 13.1. The van der Waals surface area contributed by atoms with E-state index in [9.17, 15) is 9.59 Å². The summed E-state index contributed by atoms with van der Waals surface area (Å²) in [4.78, 5) is 27.1. The van der Waals surface area contributed by atoms with Crippen LogP contribution in [0, 0.1) is 11.8 Å². The summed E-state index contributed by atoms with van der Waals surface area (Å²) in [5.41, 5.74) is -0.0585. The van der Waals surface area contributed by atoms with Crippen molar-refractivity contribution in [3.05, 3.63) is 36.4 Å². The number of benzene rings is 1. The Bertz CT molecular complexity index is 730. The molecule has 2 bridgehead atoms. The smallest absolute Gasteiger partial charge is 0.312 e. The van der Waals surface area contributed by atoms with E-state index in [1.165, 1.54) is 0 Å². The Morgan fingerprint density at radius 1 is 1.42 bits per heavy atom. The molecule has 3 heterocycles. The molecule has 3 aliphatic rings. The molecule has 1 spiro atoms. The first kappa shape index (κ1) is 15.2. The molecule has 1 amide bonds. The fourth-order valence-corrected chi connectivity index (χ4v) is 4.06. The van der Waals surface area contributed by atoms with Crippen LogP contribution in [-0.4, -0.2) is 43.8 Å². The lowest BCUT2D eigenvalue weighted by molar-refractivity contribution is -0.151. The number of hydrogen-bond acceptors (Lipinski definition) is 5. The average Bonchev–Trinajstić information content (AvgIpc) is 3.23. The molecule has 1 aromatic rings. The van der Waals surface area contributed by atoms with Crippen LogP contribution in [0.3, 0.4) is 0 Å². The van der Waals surface area contributed by atoms with E-state index < -0.39 is 17.4 Å². The van der Waals surface area contributed by atoms with Crippen molar-refractivity contribution < 1.29 is 23.8 Å². The third-order valence-electron chi connectivity index (χ3n) is 5.04. The van der Waals surface area contributed by atoms with Gasteiger partial charge < -0.3 is 19.1 Å². The van der Waals surface area contributed by atoms with Gasteiger partial charge in [0.2, 0.25) is 5.91 Å². The average molecular weight is 329 g/mol. The van der Waals surface area contributed by atoms with Crippen molar-refractivity contribution >= 4 is 17.6 Å². The Hall–Kier alpha value is -2.34. The number of rotatable bonds is 4. The molecule has 1 aromatic carbocycles. The number of hydrogen-bond donors (Lipinski definition) is 0. The molecule has 0 N–H and O–H groups in total. The van der Waals surface area contributed by atoms with Crippen LogP contribution in [0.25, 0.3) is 0 Å². The summed E-state index contributed by atoms with van der Waals surface area (Å²) in [6, 6.07) is 7.36. The first-order valence-electron chi connectivity index (χ1n) is 8.09. The molecule has 4 atom stereocenters. The minimum absolute atomic E-state index is 0.121. The van der Waals surface area contributed by atoms with Crippen LogP contribution in [-0.2, 0) is 19.1 Å². The number of carbonyl (C=O) groups excluding carboxylic acids is 2. The second kappa shape index (κ2) is 5.34. The quantitative estimate of drug-likeness (QED) is 0.619. The SMILES string of the molecule is CCOC(=O)[C@H]1[C@@H]2C=C[C@]3(CN(c4ccccc4OC)C(=O)[C@H]13)O2. The number of nitrogens with zero attached hydrogens (tertiary/aromatic N) is 1. The molecule has 0 unspecified atom stereocenters. The largest absolute Gasteiger partial charge is 0.495 e. The Balaban J connectivity index is 1.71. The molecule has 126 valence electrons. The number of para-hydroxylation sites is 2. The molecule has 2 saturated heterocycles. The zero-order valence-electron chi connectivity index (χ0n) is 13.6. The van der Waals surface area contributed by atoms with Gasteiger partial charge in [-0.1, -0.05) is 24.3 Å². The number of amides is 1. The van der Waals surface area contributed by atoms with Gasteiger partial charge in [-0.25, -0.2) is 0 Å². The van der Waals surface area contributed by atoms with Crippen molar-refractivity contribution in [3.63, 3.8) is 0 Å². The first-order chi connectivity index (χ1) is 11.6. The highest BCUT2D eigenvalue weighted by molar-refractivity contribution is 6.03. The Labute approximate surface area is 140 Å². The molecular weight excluding hydrogens is 310 g/mol. The van der Waals surface area contributed by atoms with Gasteiger partial charge in [0.1, 0.15) is 17.3 Å². The van der Waals surface area contributed by atoms with Crippen molar-refractivity contribution in [3.8, 4) is 5.75 Å². The van der Waals surface area contributed by atoms with Crippen molar-refractivity contribution in [2.75, 3.05) is 25.2 Å². The van der Waals surface area contributed by atoms with Gasteiger partial charge in [-0.05, 0) is 19.1 Å². The van der Waals surface area contributed by atoms with Gasteiger partial charge in [-0.15, -0.1) is 0 Å². The molecule has 0 aromatic heterocycles. The van der Waals surface area contributed by atoms with E-state index in [-0.39, 0.29) is 24.6 Å². The van der Waals surface area contributed by atoms with Crippen LogP contribution in [0.15, 0.2) is 36.4 Å². The van der Waals surface area contributed by atoms with Gasteiger partial charge in [0.25, 0.3) is 0 Å². The van der Waals surface area contributed by atoms with E-state index >= 15 is 0 Å². The van der Waals surface area contributed by atoms with Crippen molar-refractivity contribution in [1.29, 1.82) is 0 Å². The van der Waals surface area contributed by atoms with Crippen LogP contribution < -0.4 is 9.64 Å². The minimum atomic E-state index is -0.750. The molecule has 3 aliphatic heterocycles. The third-order valence-corrected chi connectivity index (χ3v) is 5.04. The van der Waals surface area contributed by atoms with E-state index in [1.807, 2.05) is 36.4 Å². The predicted octanol–water partition coefficient (Wildman–Crippen LogP) is 1.54. The van der Waals surface area contributed by atoms with Crippen molar-refractivity contribution in [1.82, 2.24) is 0 Å². The predicted molar refractivity (Wildman–Crippen MR) is 85.7 cm³/mol. The van der Waals surface area contributed by atoms with E-state index in [0.29, 0.717) is 18.0 Å². The number of esters is 1. The Morgan fingerprint density at radius 2 is 2.21 bits per heavy atom. The maximum absolute atomic E-state index is 13.1. The number of ether oxygens (including phenoxy) is 3. The number of carbonyl (C=O) groups is 2. The Kier molecular flexibility index (Phi) is 3.38. The van der Waals surface area contributed by atoms with Crippen LogP contribution in [0.5, 0.6) is 5.75 Å². The number of methoxy groups -OCH3 is 1. The zero-order chi connectivity index (χ0) is 16.9. The molecule has 2 fully saturated rings. The van der Waals surface area contributed by atoms with Crippen molar-refractivity contribution in [2.45, 2.75) is 18.6 Å². The fourth-order valence-electron chi connectivity index (χ4n) is 4.06. The number of fused-ring (bicyclic) bond motifs is 1. The second-order valence-corrected chi connectivity index (χ2v) is 6.25. The lowest BCUT2D eigenvalue weighted by Crippen LogP contribution is -2.40. The monoisotopic (exact) mass is 329 g/mol. The molecule has 0 radical (unpaired) electrons. The topological polar surface area (TPSA) is 65.1 Å². The van der Waals surface area contributed by atoms with Crippen molar-refractivity contribution in [2.24, 2.45) is 11.8 Å². The lowest BCUT2D eigenvalue weighted by Gasteiger charge is -2.22. The summed E-state index contributed by atoms with van der Waals surface area (Å²) in [5.74, 6) is -0.995. The van der Waals surface area contributed by atoms with Gasteiger partial charge in [0.05, 0.1) is 38.0 Å². The summed E-state index contributed by atoms with van der Waals surface area (Å²) in [6.45, 7) is 2.42. The van der Waals surface area contributed by atoms with Gasteiger partial charge in [-0.3, -0.25) is 9.59 Å². The molecule has 6 heteroatoms. The molecular formula is C18H19NO5. The van der Waals surface area contributed by atoms with E-state index in [1.54, 1.807) is 18.9 Å². The van der Waals surface area contributed by atoms with Crippen LogP contribution in [0.4, 0.5) is 5.69 Å². The Morgan fingerprint density at radius 3 is 2.96 bits per heavy atom. The summed E-state index contributed by atoms with van der Waals surface area (Å²) >= 11 is 0. The van der Waals surface area contributed by atoms with Crippen LogP contribution >= 0.6 is 0 Å². The third kappa shape index (κ3) is 1.92. The van der Waals surface area contributed by atoms with Gasteiger partial charge in [0.15, 0.2) is 0 Å². The molecule has 0 aliphatic carbocycles. The lowest BCUT2D eigenvalue weighted by atomic mass is 9.77. The maximum Gasteiger partial charge on any atom is 0.312 e. The van der Waals surface area contributed by atoms with Gasteiger partial charge >= 0.3 is 5.97 Å². The molecule has 4 rings (SSSR count). The zero-order valence-corrected chi connectivity index (χ0v) is 13.6. The van der Waals surface area contributed by atoms with E-state index in [4.69, 9.17) is 14.2 Å². The summed E-state index contributed by atoms with van der Waals surface area (Å²) < 4.78 is 16.6. The number of anilines is 1. The highest BCUT2D eigenvalue weighted by atomic mass is 16.6. The normalized spacial score (nSPS) is 33.0. The summed E-state index contributed by atoms with van der Waals surface area (Å²) in [6.07, 6.45) is 3.42. The van der Waals surface area contributed by atoms with E-state index in [2.05, 4.69) is 0 Å². The fraction of sp³-hybridized carbons (Fsp3) is 0.444. The van der Waals surface area contributed by atoms with Crippen LogP contribution in [0.2, 0.25) is 0 Å². The summed E-state index contributed by atoms with van der Waals surface area (Å²) in [5, 5.41) is 0. The van der Waals surface area contributed by atoms with E-state index in [0.717, 1.165) is 0 Å². The highest BCUT2D eigenvalue weighted by Gasteiger charge is 2.67. The minimum Gasteiger partial charge on any atom is -0.495 e. The molecule has 24 heavy (non-hydrogen) atoms. The molecule has 0 saturated carbocycles. The second-order valence-electron chi connectivity index (χ2n) is 6.25. The molecule has 6 nitrogen and oxygen atoms in total. The first-order valence-corrected chi connectivity index (χ1v) is 8.09. The summed E-state index contributed by atoms with van der Waals surface area (Å²) in [7, 11) is 1.57. The van der Waals surface area contributed by atoms with Crippen LogP contribution in [0.1, 0.15) is 6.92 Å². The van der Waals surface area contributed by atoms with Gasteiger partial charge in [-0.2, -0.15) is 0 Å². The highest BCUT2D eigenvalue weighted by Crippen LogP contribution is 2.53. The standard InChI is InChI=1S/C18H19NO5/c1-3-23-17(21)14-13-8-9-18(24-13)10-19(16(20)15(14)18)11-6-4-5-7-12(11)22-2/h4-9,13-15H,3,10H2,1-2H3/t13-,14-,15-,18+/m0/s1.